The number of hydrogen-bond donors (Lipinski definition) is 3. The Balaban J connectivity index is 1.76. The van der Waals surface area contributed by atoms with Gasteiger partial charge in [0.05, 0.1) is 0 Å². The number of likely N-dealkylation sites (tertiary alicyclic amines) is 1. The van der Waals surface area contributed by atoms with E-state index in [2.05, 4.69) is 15.4 Å². The van der Waals surface area contributed by atoms with Crippen LogP contribution in [0.15, 0.2) is 29.4 Å². The molecule has 104 valence electrons. The smallest absolute Gasteiger partial charge is 0.170 e. The van der Waals surface area contributed by atoms with Gasteiger partial charge in [0.1, 0.15) is 0 Å². The SMILES string of the molecule is NC(=NO)c1cccc(CNCCN2CCCC2)c1. The van der Waals surface area contributed by atoms with Gasteiger partial charge in [-0.1, -0.05) is 23.4 Å². The van der Waals surface area contributed by atoms with Crippen LogP contribution in [0.1, 0.15) is 24.0 Å². The first-order valence-corrected chi connectivity index (χ1v) is 6.79. The molecule has 1 heterocycles. The number of nitrogens with zero attached hydrogens (tertiary/aromatic N) is 2. The summed E-state index contributed by atoms with van der Waals surface area (Å²) in [6.45, 7) is 5.38. The van der Waals surface area contributed by atoms with Crippen molar-refractivity contribution in [1.82, 2.24) is 10.2 Å². The van der Waals surface area contributed by atoms with E-state index >= 15 is 0 Å². The Hall–Kier alpha value is -1.59. The van der Waals surface area contributed by atoms with Gasteiger partial charge in [-0.2, -0.15) is 0 Å². The molecule has 4 N–H and O–H groups in total. The Kier molecular flexibility index (Phi) is 5.18. The summed E-state index contributed by atoms with van der Waals surface area (Å²) in [6, 6.07) is 7.74. The minimum absolute atomic E-state index is 0.152. The number of nitrogens with one attached hydrogen (secondary N) is 1. The highest BCUT2D eigenvalue weighted by molar-refractivity contribution is 5.97. The molecule has 1 saturated heterocycles. The average Bonchev–Trinajstić information content (AvgIpc) is 2.96. The predicted octanol–water partition coefficient (Wildman–Crippen LogP) is 0.966. The van der Waals surface area contributed by atoms with Crippen LogP contribution in [0.2, 0.25) is 0 Å². The van der Waals surface area contributed by atoms with Crippen LogP contribution < -0.4 is 11.1 Å². The van der Waals surface area contributed by atoms with Gasteiger partial charge in [0.2, 0.25) is 0 Å². The molecule has 1 aliphatic rings. The summed E-state index contributed by atoms with van der Waals surface area (Å²) in [7, 11) is 0. The summed E-state index contributed by atoms with van der Waals surface area (Å²) >= 11 is 0. The van der Waals surface area contributed by atoms with Gasteiger partial charge in [-0.05, 0) is 37.6 Å². The van der Waals surface area contributed by atoms with E-state index in [0.717, 1.165) is 30.8 Å². The summed E-state index contributed by atoms with van der Waals surface area (Å²) in [5, 5.41) is 15.1. The van der Waals surface area contributed by atoms with Crippen molar-refractivity contribution in [2.45, 2.75) is 19.4 Å². The third-order valence-electron chi connectivity index (χ3n) is 3.46. The highest BCUT2D eigenvalue weighted by atomic mass is 16.4. The molecule has 0 saturated carbocycles. The summed E-state index contributed by atoms with van der Waals surface area (Å²) in [6.07, 6.45) is 2.67. The van der Waals surface area contributed by atoms with Gasteiger partial charge in [-0.25, -0.2) is 0 Å². The van der Waals surface area contributed by atoms with Crippen molar-refractivity contribution in [3.05, 3.63) is 35.4 Å². The number of hydrogen-bond acceptors (Lipinski definition) is 4. The molecule has 0 unspecified atom stereocenters. The quantitative estimate of drug-likeness (QED) is 0.235. The van der Waals surface area contributed by atoms with E-state index in [1.807, 2.05) is 24.3 Å². The average molecular weight is 262 g/mol. The van der Waals surface area contributed by atoms with Gasteiger partial charge in [-0.3, -0.25) is 0 Å². The molecule has 5 nitrogen and oxygen atoms in total. The fourth-order valence-electron chi connectivity index (χ4n) is 2.37. The van der Waals surface area contributed by atoms with Crippen molar-refractivity contribution in [2.75, 3.05) is 26.2 Å². The van der Waals surface area contributed by atoms with Crippen molar-refractivity contribution < 1.29 is 5.21 Å². The topological polar surface area (TPSA) is 73.9 Å². The summed E-state index contributed by atoms with van der Waals surface area (Å²) < 4.78 is 0. The van der Waals surface area contributed by atoms with E-state index < -0.39 is 0 Å². The normalized spacial score (nSPS) is 16.9. The lowest BCUT2D eigenvalue weighted by Crippen LogP contribution is -2.29. The molecule has 19 heavy (non-hydrogen) atoms. The molecule has 0 bridgehead atoms. The second-order valence-corrected chi connectivity index (χ2v) is 4.91. The molecular weight excluding hydrogens is 240 g/mol. The summed E-state index contributed by atoms with van der Waals surface area (Å²) in [5.41, 5.74) is 7.47. The van der Waals surface area contributed by atoms with Crippen LogP contribution in [0, 0.1) is 0 Å². The van der Waals surface area contributed by atoms with Crippen molar-refractivity contribution in [1.29, 1.82) is 0 Å². The van der Waals surface area contributed by atoms with E-state index in [9.17, 15) is 0 Å². The molecule has 1 aliphatic heterocycles. The predicted molar refractivity (Wildman–Crippen MR) is 76.3 cm³/mol. The Bertz CT molecular complexity index is 427. The van der Waals surface area contributed by atoms with Crippen LogP contribution in [-0.2, 0) is 6.54 Å². The zero-order valence-electron chi connectivity index (χ0n) is 11.2. The lowest BCUT2D eigenvalue weighted by molar-refractivity contribution is 0.318. The Labute approximate surface area is 114 Å². The van der Waals surface area contributed by atoms with Gasteiger partial charge in [0.25, 0.3) is 0 Å². The highest BCUT2D eigenvalue weighted by Crippen LogP contribution is 2.06. The maximum absolute atomic E-state index is 8.66. The van der Waals surface area contributed by atoms with Crippen molar-refractivity contribution >= 4 is 5.84 Å². The second-order valence-electron chi connectivity index (χ2n) is 4.91. The minimum Gasteiger partial charge on any atom is -0.409 e. The molecule has 0 amide bonds. The third kappa shape index (κ3) is 4.22. The van der Waals surface area contributed by atoms with Crippen LogP contribution in [0.4, 0.5) is 0 Å². The lowest BCUT2D eigenvalue weighted by Gasteiger charge is -2.14. The largest absolute Gasteiger partial charge is 0.409 e. The van der Waals surface area contributed by atoms with E-state index in [-0.39, 0.29) is 5.84 Å². The van der Waals surface area contributed by atoms with Gasteiger partial charge in [0, 0.05) is 25.2 Å². The maximum Gasteiger partial charge on any atom is 0.170 e. The van der Waals surface area contributed by atoms with Crippen molar-refractivity contribution in [3.63, 3.8) is 0 Å². The van der Waals surface area contributed by atoms with Gasteiger partial charge in [0.15, 0.2) is 5.84 Å². The number of rotatable bonds is 6. The first-order valence-electron chi connectivity index (χ1n) is 6.79. The van der Waals surface area contributed by atoms with Gasteiger partial charge in [-0.15, -0.1) is 0 Å². The molecule has 0 radical (unpaired) electrons. The molecule has 5 heteroatoms. The number of nitrogens with two attached hydrogens (primary N) is 1. The maximum atomic E-state index is 8.66. The van der Waals surface area contributed by atoms with Crippen LogP contribution >= 0.6 is 0 Å². The van der Waals surface area contributed by atoms with Crippen LogP contribution in [0.25, 0.3) is 0 Å². The van der Waals surface area contributed by atoms with Gasteiger partial charge >= 0.3 is 0 Å². The molecule has 1 fully saturated rings. The zero-order chi connectivity index (χ0) is 13.5. The van der Waals surface area contributed by atoms with E-state index in [4.69, 9.17) is 10.9 Å². The summed E-state index contributed by atoms with van der Waals surface area (Å²) in [5.74, 6) is 0.152. The number of oxime groups is 1. The molecule has 0 aliphatic carbocycles. The Morgan fingerprint density at radius 1 is 1.37 bits per heavy atom. The zero-order valence-corrected chi connectivity index (χ0v) is 11.2. The highest BCUT2D eigenvalue weighted by Gasteiger charge is 2.09. The first-order chi connectivity index (χ1) is 9.29. The van der Waals surface area contributed by atoms with Crippen LogP contribution in [0.3, 0.4) is 0 Å². The van der Waals surface area contributed by atoms with E-state index in [0.29, 0.717) is 0 Å². The first kappa shape index (κ1) is 13.8. The standard InChI is InChI=1S/C14H22N4O/c15-14(17-19)13-5-3-4-12(10-13)11-16-6-9-18-7-1-2-8-18/h3-5,10,16,19H,1-2,6-9,11H2,(H2,15,17). The molecule has 1 aromatic carbocycles. The molecule has 0 aromatic heterocycles. The number of benzene rings is 1. The monoisotopic (exact) mass is 262 g/mol. The second kappa shape index (κ2) is 7.11. The van der Waals surface area contributed by atoms with Crippen molar-refractivity contribution in [3.8, 4) is 0 Å². The molecule has 1 aromatic rings. The third-order valence-corrected chi connectivity index (χ3v) is 3.46. The lowest BCUT2D eigenvalue weighted by atomic mass is 10.1. The Morgan fingerprint density at radius 3 is 2.89 bits per heavy atom. The number of amidine groups is 1. The molecule has 2 rings (SSSR count). The fraction of sp³-hybridized carbons (Fsp3) is 0.500. The minimum atomic E-state index is 0.152. The fourth-order valence-corrected chi connectivity index (χ4v) is 2.37. The van der Waals surface area contributed by atoms with Crippen molar-refractivity contribution in [2.24, 2.45) is 10.9 Å². The molecule has 0 atom stereocenters. The Morgan fingerprint density at radius 2 is 2.16 bits per heavy atom. The summed E-state index contributed by atoms with van der Waals surface area (Å²) in [4.78, 5) is 2.49. The van der Waals surface area contributed by atoms with Crippen LogP contribution in [0.5, 0.6) is 0 Å². The van der Waals surface area contributed by atoms with E-state index in [1.54, 1.807) is 0 Å². The van der Waals surface area contributed by atoms with E-state index in [1.165, 1.54) is 25.9 Å². The molecule has 0 spiro atoms. The molecular formula is C14H22N4O. The van der Waals surface area contributed by atoms with Crippen LogP contribution in [-0.4, -0.2) is 42.1 Å². The van der Waals surface area contributed by atoms with Gasteiger partial charge < -0.3 is 21.2 Å².